The third-order valence-electron chi connectivity index (χ3n) is 3.40. The van der Waals surface area contributed by atoms with E-state index in [4.69, 9.17) is 10.3 Å². The van der Waals surface area contributed by atoms with Crippen molar-refractivity contribution in [2.75, 3.05) is 5.73 Å². The summed E-state index contributed by atoms with van der Waals surface area (Å²) < 4.78 is 4.99. The summed E-state index contributed by atoms with van der Waals surface area (Å²) in [5.41, 5.74) is 7.90. The molecule has 1 saturated carbocycles. The Morgan fingerprint density at radius 3 is 2.85 bits per heavy atom. The second-order valence-corrected chi connectivity index (χ2v) is 5.23. The van der Waals surface area contributed by atoms with E-state index in [1.165, 1.54) is 0 Å². The van der Waals surface area contributed by atoms with E-state index in [0.717, 1.165) is 18.4 Å². The maximum absolute atomic E-state index is 12.5. The van der Waals surface area contributed by atoms with Crippen molar-refractivity contribution < 1.29 is 9.32 Å². The Morgan fingerprint density at radius 1 is 1.45 bits per heavy atom. The van der Waals surface area contributed by atoms with Gasteiger partial charge in [-0.2, -0.15) is 0 Å². The average molecular weight is 271 g/mol. The lowest BCUT2D eigenvalue weighted by atomic mass is 10.2. The highest BCUT2D eigenvalue weighted by atomic mass is 16.5. The van der Waals surface area contributed by atoms with Gasteiger partial charge in [0.25, 0.3) is 5.91 Å². The van der Waals surface area contributed by atoms with Crippen LogP contribution < -0.4 is 5.73 Å². The molecule has 1 fully saturated rings. The molecule has 0 atom stereocenters. The van der Waals surface area contributed by atoms with Crippen LogP contribution in [0, 0.1) is 6.92 Å². The maximum Gasteiger partial charge on any atom is 0.276 e. The molecule has 0 saturated heterocycles. The highest BCUT2D eigenvalue weighted by Crippen LogP contribution is 2.30. The first kappa shape index (κ1) is 12.7. The molecule has 1 aliphatic rings. The first-order valence-corrected chi connectivity index (χ1v) is 6.72. The maximum atomic E-state index is 12.5. The van der Waals surface area contributed by atoms with Gasteiger partial charge < -0.3 is 15.2 Å². The Morgan fingerprint density at radius 2 is 2.25 bits per heavy atom. The lowest BCUT2D eigenvalue weighted by Crippen LogP contribution is -2.32. The first-order chi connectivity index (χ1) is 9.63. The summed E-state index contributed by atoms with van der Waals surface area (Å²) in [6.45, 7) is 2.34. The quantitative estimate of drug-likeness (QED) is 0.866. The van der Waals surface area contributed by atoms with Crippen LogP contribution in [0.25, 0.3) is 0 Å². The summed E-state index contributed by atoms with van der Waals surface area (Å²) in [4.78, 5) is 14.4. The molecule has 5 nitrogen and oxygen atoms in total. The van der Waals surface area contributed by atoms with Crippen LogP contribution in [0.15, 0.2) is 34.9 Å². The van der Waals surface area contributed by atoms with E-state index in [1.807, 2.05) is 29.2 Å². The van der Waals surface area contributed by atoms with Gasteiger partial charge in [-0.15, -0.1) is 0 Å². The molecule has 0 radical (unpaired) electrons. The topological polar surface area (TPSA) is 72.4 Å². The molecular weight excluding hydrogens is 254 g/mol. The number of rotatable bonds is 4. The van der Waals surface area contributed by atoms with E-state index in [2.05, 4.69) is 5.16 Å². The summed E-state index contributed by atoms with van der Waals surface area (Å²) in [5.74, 6) is 0.569. The predicted molar refractivity (Wildman–Crippen MR) is 75.0 cm³/mol. The molecule has 3 rings (SSSR count). The van der Waals surface area contributed by atoms with Gasteiger partial charge in [-0.3, -0.25) is 4.79 Å². The lowest BCUT2D eigenvalue weighted by molar-refractivity contribution is 0.0719. The van der Waals surface area contributed by atoms with Gasteiger partial charge >= 0.3 is 0 Å². The predicted octanol–water partition coefficient (Wildman–Crippen LogP) is 2.37. The van der Waals surface area contributed by atoms with Gasteiger partial charge in [0.2, 0.25) is 0 Å². The number of nitrogens with two attached hydrogens (primary N) is 1. The highest BCUT2D eigenvalue weighted by molar-refractivity contribution is 5.92. The smallest absolute Gasteiger partial charge is 0.276 e. The van der Waals surface area contributed by atoms with Crippen LogP contribution >= 0.6 is 0 Å². The van der Waals surface area contributed by atoms with E-state index in [0.29, 0.717) is 29.7 Å². The Hall–Kier alpha value is -2.30. The van der Waals surface area contributed by atoms with Crippen molar-refractivity contribution in [2.24, 2.45) is 0 Å². The Kier molecular flexibility index (Phi) is 3.18. The number of benzene rings is 1. The van der Waals surface area contributed by atoms with Gasteiger partial charge in [0.1, 0.15) is 5.76 Å². The molecule has 0 spiro atoms. The fourth-order valence-corrected chi connectivity index (χ4v) is 2.26. The standard InChI is InChI=1S/C15H17N3O2/c1-10-7-14(17-20-10)15(19)18(13-5-6-13)9-11-3-2-4-12(16)8-11/h2-4,7-8,13H,5-6,9,16H2,1H3. The number of aromatic nitrogens is 1. The number of amides is 1. The van der Waals surface area contributed by atoms with E-state index in [1.54, 1.807) is 13.0 Å². The van der Waals surface area contributed by atoms with Gasteiger partial charge in [0.05, 0.1) is 0 Å². The number of carbonyl (C=O) groups is 1. The highest BCUT2D eigenvalue weighted by Gasteiger charge is 2.34. The number of carbonyl (C=O) groups excluding carboxylic acids is 1. The van der Waals surface area contributed by atoms with Crippen molar-refractivity contribution in [3.63, 3.8) is 0 Å². The zero-order valence-electron chi connectivity index (χ0n) is 11.4. The fourth-order valence-electron chi connectivity index (χ4n) is 2.26. The molecule has 1 aromatic carbocycles. The molecule has 1 amide bonds. The number of nitrogen functional groups attached to an aromatic ring is 1. The zero-order chi connectivity index (χ0) is 14.1. The Labute approximate surface area is 117 Å². The first-order valence-electron chi connectivity index (χ1n) is 6.72. The summed E-state index contributed by atoms with van der Waals surface area (Å²) in [5, 5.41) is 3.82. The number of aryl methyl sites for hydroxylation is 1. The Bertz CT molecular complexity index is 632. The van der Waals surface area contributed by atoms with E-state index < -0.39 is 0 Å². The van der Waals surface area contributed by atoms with Gasteiger partial charge in [0, 0.05) is 24.3 Å². The molecule has 5 heteroatoms. The molecule has 0 aliphatic heterocycles. The molecule has 20 heavy (non-hydrogen) atoms. The van der Waals surface area contributed by atoms with Crippen LogP contribution in [0.2, 0.25) is 0 Å². The van der Waals surface area contributed by atoms with Crippen molar-refractivity contribution in [1.82, 2.24) is 10.1 Å². The molecule has 0 unspecified atom stereocenters. The lowest BCUT2D eigenvalue weighted by Gasteiger charge is -2.21. The van der Waals surface area contributed by atoms with Crippen LogP contribution in [0.5, 0.6) is 0 Å². The molecule has 104 valence electrons. The third kappa shape index (κ3) is 2.66. The van der Waals surface area contributed by atoms with E-state index >= 15 is 0 Å². The second kappa shape index (κ2) is 5.00. The molecule has 2 aromatic rings. The van der Waals surface area contributed by atoms with Crippen molar-refractivity contribution >= 4 is 11.6 Å². The van der Waals surface area contributed by atoms with Crippen LogP contribution in [-0.2, 0) is 6.54 Å². The van der Waals surface area contributed by atoms with Crippen molar-refractivity contribution in [2.45, 2.75) is 32.4 Å². The van der Waals surface area contributed by atoms with E-state index in [-0.39, 0.29) is 5.91 Å². The normalized spacial score (nSPS) is 14.2. The minimum atomic E-state index is -0.0771. The van der Waals surface area contributed by atoms with Crippen molar-refractivity contribution in [3.8, 4) is 0 Å². The number of nitrogens with zero attached hydrogens (tertiary/aromatic N) is 2. The van der Waals surface area contributed by atoms with E-state index in [9.17, 15) is 4.79 Å². The van der Waals surface area contributed by atoms with Crippen LogP contribution in [0.1, 0.15) is 34.7 Å². The monoisotopic (exact) mass is 271 g/mol. The van der Waals surface area contributed by atoms with Crippen molar-refractivity contribution in [1.29, 1.82) is 0 Å². The Balaban J connectivity index is 1.81. The molecule has 1 heterocycles. The minimum absolute atomic E-state index is 0.0771. The third-order valence-corrected chi connectivity index (χ3v) is 3.40. The van der Waals surface area contributed by atoms with Crippen LogP contribution in [-0.4, -0.2) is 22.0 Å². The number of hydrogen-bond acceptors (Lipinski definition) is 4. The summed E-state index contributed by atoms with van der Waals surface area (Å²) in [7, 11) is 0. The molecular formula is C15H17N3O2. The van der Waals surface area contributed by atoms with Gasteiger partial charge in [-0.05, 0) is 37.5 Å². The minimum Gasteiger partial charge on any atom is -0.399 e. The zero-order valence-corrected chi connectivity index (χ0v) is 11.4. The summed E-state index contributed by atoms with van der Waals surface area (Å²) in [6, 6.07) is 9.61. The molecule has 1 aromatic heterocycles. The number of anilines is 1. The number of hydrogen-bond donors (Lipinski definition) is 1. The largest absolute Gasteiger partial charge is 0.399 e. The summed E-state index contributed by atoms with van der Waals surface area (Å²) in [6.07, 6.45) is 2.09. The van der Waals surface area contributed by atoms with Gasteiger partial charge in [-0.1, -0.05) is 17.3 Å². The summed E-state index contributed by atoms with van der Waals surface area (Å²) >= 11 is 0. The fraction of sp³-hybridized carbons (Fsp3) is 0.333. The van der Waals surface area contributed by atoms with Crippen LogP contribution in [0.4, 0.5) is 5.69 Å². The molecule has 1 aliphatic carbocycles. The molecule has 0 bridgehead atoms. The van der Waals surface area contributed by atoms with Crippen LogP contribution in [0.3, 0.4) is 0 Å². The van der Waals surface area contributed by atoms with Crippen molar-refractivity contribution in [3.05, 3.63) is 47.3 Å². The SMILES string of the molecule is Cc1cc(C(=O)N(Cc2cccc(N)c2)C2CC2)no1. The van der Waals surface area contributed by atoms with Gasteiger partial charge in [-0.25, -0.2) is 0 Å². The average Bonchev–Trinajstić information content (AvgIpc) is 3.17. The second-order valence-electron chi connectivity index (χ2n) is 5.23. The molecule has 2 N–H and O–H groups in total. The van der Waals surface area contributed by atoms with Gasteiger partial charge in [0.15, 0.2) is 5.69 Å².